The molecule has 1 aliphatic heterocycles. The highest BCUT2D eigenvalue weighted by Gasteiger charge is 2.32. The maximum atomic E-state index is 12.7. The molecule has 0 bridgehead atoms. The molecule has 1 unspecified atom stereocenters. The van der Waals surface area contributed by atoms with Gasteiger partial charge in [0.25, 0.3) is 0 Å². The molecule has 1 aliphatic rings. The van der Waals surface area contributed by atoms with Gasteiger partial charge in [-0.3, -0.25) is 0 Å². The number of likely N-dealkylation sites (N-methyl/N-ethyl adjacent to an activating group) is 1. The lowest BCUT2D eigenvalue weighted by molar-refractivity contribution is 0.181. The molecule has 8 heteroatoms. The summed E-state index contributed by atoms with van der Waals surface area (Å²) in [4.78, 5) is 0.0771. The molecule has 2 rings (SSSR count). The molecule has 0 spiro atoms. The Morgan fingerprint density at radius 1 is 1.38 bits per heavy atom. The lowest BCUT2D eigenvalue weighted by atomic mass is 10.2. The molecular weight excluding hydrogens is 335 g/mol. The molecule has 1 saturated heterocycles. The first kappa shape index (κ1) is 17.0. The highest BCUT2D eigenvalue weighted by molar-refractivity contribution is 7.89. The van der Waals surface area contributed by atoms with Gasteiger partial charge in [-0.1, -0.05) is 23.2 Å². The fourth-order valence-corrected chi connectivity index (χ4v) is 4.46. The van der Waals surface area contributed by atoms with Gasteiger partial charge in [-0.25, -0.2) is 8.42 Å². The number of hydrogen-bond donors (Lipinski definition) is 1. The van der Waals surface area contributed by atoms with Gasteiger partial charge >= 0.3 is 0 Å². The Morgan fingerprint density at radius 2 is 2.10 bits per heavy atom. The molecular formula is C13H18Cl2N2O3S. The van der Waals surface area contributed by atoms with Crippen molar-refractivity contribution < 1.29 is 13.2 Å². The van der Waals surface area contributed by atoms with Crippen LogP contribution in [0, 0.1) is 0 Å². The van der Waals surface area contributed by atoms with Crippen LogP contribution in [0.4, 0.5) is 0 Å². The number of benzene rings is 1. The smallest absolute Gasteiger partial charge is 0.244 e. The van der Waals surface area contributed by atoms with Crippen molar-refractivity contribution in [2.45, 2.75) is 23.9 Å². The molecule has 1 fully saturated rings. The van der Waals surface area contributed by atoms with Crippen LogP contribution in [-0.4, -0.2) is 46.1 Å². The van der Waals surface area contributed by atoms with E-state index in [1.807, 2.05) is 0 Å². The highest BCUT2D eigenvalue weighted by Crippen LogP contribution is 2.31. The predicted molar refractivity (Wildman–Crippen MR) is 83.4 cm³/mol. The van der Waals surface area contributed by atoms with Gasteiger partial charge in [-0.15, -0.1) is 0 Å². The molecule has 0 amide bonds. The van der Waals surface area contributed by atoms with Crippen molar-refractivity contribution >= 4 is 33.2 Å². The van der Waals surface area contributed by atoms with Crippen molar-refractivity contribution in [3.8, 4) is 0 Å². The number of nitrogens with zero attached hydrogens (tertiary/aromatic N) is 1. The molecule has 1 heterocycles. The van der Waals surface area contributed by atoms with Gasteiger partial charge in [0.15, 0.2) is 0 Å². The summed E-state index contributed by atoms with van der Waals surface area (Å²) in [6, 6.07) is 2.85. The van der Waals surface area contributed by atoms with Gasteiger partial charge in [0, 0.05) is 25.2 Å². The molecule has 1 aromatic rings. The van der Waals surface area contributed by atoms with Gasteiger partial charge in [-0.05, 0) is 31.2 Å². The second kappa shape index (κ2) is 6.81. The van der Waals surface area contributed by atoms with Crippen molar-refractivity contribution in [1.29, 1.82) is 0 Å². The number of ether oxygens (including phenoxy) is 1. The predicted octanol–water partition coefficient (Wildman–Crippen LogP) is 2.12. The molecule has 21 heavy (non-hydrogen) atoms. The normalized spacial score (nSPS) is 19.4. The zero-order valence-electron chi connectivity index (χ0n) is 11.9. The Labute approximate surface area is 135 Å². The maximum absolute atomic E-state index is 12.7. The molecule has 0 radical (unpaired) electrons. The highest BCUT2D eigenvalue weighted by atomic mass is 35.5. The van der Waals surface area contributed by atoms with Crippen LogP contribution in [-0.2, 0) is 21.3 Å². The van der Waals surface area contributed by atoms with E-state index in [1.165, 1.54) is 16.4 Å². The molecule has 1 atom stereocenters. The number of halogens is 2. The minimum Gasteiger partial charge on any atom is -0.380 e. The third kappa shape index (κ3) is 3.52. The Kier molecular flexibility index (Phi) is 5.51. The van der Waals surface area contributed by atoms with Crippen LogP contribution in [0.25, 0.3) is 0 Å². The fraction of sp³-hybridized carbons (Fsp3) is 0.538. The summed E-state index contributed by atoms with van der Waals surface area (Å²) in [5.41, 5.74) is 0.693. The van der Waals surface area contributed by atoms with Crippen molar-refractivity contribution in [1.82, 2.24) is 9.62 Å². The summed E-state index contributed by atoms with van der Waals surface area (Å²) < 4.78 is 32.0. The zero-order valence-corrected chi connectivity index (χ0v) is 14.2. The Balaban J connectivity index is 2.41. The molecule has 5 nitrogen and oxygen atoms in total. The summed E-state index contributed by atoms with van der Waals surface area (Å²) in [5, 5.41) is 3.53. The van der Waals surface area contributed by atoms with Gasteiger partial charge in [0.2, 0.25) is 10.0 Å². The number of nitrogens with one attached hydrogen (secondary N) is 1. The monoisotopic (exact) mass is 352 g/mol. The van der Waals surface area contributed by atoms with Gasteiger partial charge in [0.1, 0.15) is 4.90 Å². The van der Waals surface area contributed by atoms with Crippen molar-refractivity contribution in [3.63, 3.8) is 0 Å². The largest absolute Gasteiger partial charge is 0.380 e. The van der Waals surface area contributed by atoms with E-state index in [0.717, 1.165) is 0 Å². The summed E-state index contributed by atoms with van der Waals surface area (Å²) in [7, 11) is -0.358. The van der Waals surface area contributed by atoms with Crippen LogP contribution >= 0.6 is 23.2 Å². The van der Waals surface area contributed by atoms with Crippen LogP contribution in [0.1, 0.15) is 12.0 Å². The first-order valence-electron chi connectivity index (χ1n) is 6.56. The van der Waals surface area contributed by atoms with E-state index >= 15 is 0 Å². The number of sulfonamides is 1. The first-order valence-corrected chi connectivity index (χ1v) is 8.76. The summed E-state index contributed by atoms with van der Waals surface area (Å²) >= 11 is 12.2. The van der Waals surface area contributed by atoms with Crippen molar-refractivity contribution in [2.75, 3.05) is 27.3 Å². The van der Waals surface area contributed by atoms with E-state index in [2.05, 4.69) is 5.32 Å². The van der Waals surface area contributed by atoms with Gasteiger partial charge in [-0.2, -0.15) is 4.31 Å². The van der Waals surface area contributed by atoms with Gasteiger partial charge in [0.05, 0.1) is 17.7 Å². The van der Waals surface area contributed by atoms with Crippen LogP contribution < -0.4 is 5.32 Å². The third-order valence-corrected chi connectivity index (χ3v) is 6.27. The summed E-state index contributed by atoms with van der Waals surface area (Å²) in [5.74, 6) is 0. The second-order valence-electron chi connectivity index (χ2n) is 4.94. The molecule has 0 saturated carbocycles. The molecule has 0 aromatic heterocycles. The van der Waals surface area contributed by atoms with Crippen LogP contribution in [0.15, 0.2) is 17.0 Å². The van der Waals surface area contributed by atoms with Crippen LogP contribution in [0.5, 0.6) is 0 Å². The van der Waals surface area contributed by atoms with E-state index in [4.69, 9.17) is 27.9 Å². The number of rotatable bonds is 5. The Morgan fingerprint density at radius 3 is 2.67 bits per heavy atom. The van der Waals surface area contributed by atoms with E-state index in [9.17, 15) is 8.42 Å². The number of hydrogen-bond acceptors (Lipinski definition) is 4. The molecule has 0 aliphatic carbocycles. The summed E-state index contributed by atoms with van der Waals surface area (Å²) in [6.45, 7) is 1.45. The average Bonchev–Trinajstić information content (AvgIpc) is 2.94. The second-order valence-corrected chi connectivity index (χ2v) is 7.72. The van der Waals surface area contributed by atoms with E-state index in [1.54, 1.807) is 14.1 Å². The van der Waals surface area contributed by atoms with Crippen LogP contribution in [0.2, 0.25) is 10.0 Å². The topological polar surface area (TPSA) is 58.6 Å². The Bertz CT molecular complexity index is 616. The van der Waals surface area contributed by atoms with E-state index in [-0.39, 0.29) is 16.0 Å². The van der Waals surface area contributed by atoms with Crippen molar-refractivity contribution in [3.05, 3.63) is 27.7 Å². The molecule has 1 N–H and O–H groups in total. The maximum Gasteiger partial charge on any atom is 0.244 e. The third-order valence-electron chi connectivity index (χ3n) is 3.55. The van der Waals surface area contributed by atoms with Crippen LogP contribution in [0.3, 0.4) is 0 Å². The minimum atomic E-state index is -3.68. The standard InChI is InChI=1S/C13H18Cl2N2O3S/c1-16-7-9-5-13(12(15)6-11(9)14)21(18,19)17(2)10-3-4-20-8-10/h5-6,10,16H,3-4,7-8H2,1-2H3. The zero-order chi connectivity index (χ0) is 15.6. The minimum absolute atomic E-state index is 0.0771. The average molecular weight is 353 g/mol. The van der Waals surface area contributed by atoms with E-state index < -0.39 is 10.0 Å². The summed E-state index contributed by atoms with van der Waals surface area (Å²) in [6.07, 6.45) is 0.685. The lowest BCUT2D eigenvalue weighted by Gasteiger charge is -2.23. The lowest BCUT2D eigenvalue weighted by Crippen LogP contribution is -2.37. The first-order chi connectivity index (χ1) is 9.87. The molecule has 1 aromatic carbocycles. The van der Waals surface area contributed by atoms with Gasteiger partial charge < -0.3 is 10.1 Å². The molecule has 118 valence electrons. The van der Waals surface area contributed by atoms with Crippen molar-refractivity contribution in [2.24, 2.45) is 0 Å². The SMILES string of the molecule is CNCc1cc(S(=O)(=O)N(C)C2CCOC2)c(Cl)cc1Cl. The fourth-order valence-electron chi connectivity index (χ4n) is 2.26. The van der Waals surface area contributed by atoms with E-state index in [0.29, 0.717) is 36.8 Å². The Hall–Kier alpha value is -0.370. The quantitative estimate of drug-likeness (QED) is 0.881.